The number of halogens is 2. The Morgan fingerprint density at radius 3 is 2.00 bits per heavy atom. The molecule has 0 heterocycles. The van der Waals surface area contributed by atoms with Gasteiger partial charge >= 0.3 is 0 Å². The van der Waals surface area contributed by atoms with Gasteiger partial charge in [0, 0.05) is 12.1 Å². The Hall–Kier alpha value is -3.04. The first-order valence-electron chi connectivity index (χ1n) is 8.81. The van der Waals surface area contributed by atoms with E-state index in [2.05, 4.69) is 15.5 Å². The maximum absolute atomic E-state index is 12.7. The maximum atomic E-state index is 12.7. The van der Waals surface area contributed by atoms with Crippen LogP contribution in [0.3, 0.4) is 0 Å². The van der Waals surface area contributed by atoms with E-state index in [-0.39, 0.29) is 27.9 Å². The smallest absolute Gasteiger partial charge is 0.258 e. The Balaban J connectivity index is 2.34. The van der Waals surface area contributed by atoms with Gasteiger partial charge in [-0.2, -0.15) is 10.2 Å². The predicted octanol–water partition coefficient (Wildman–Crippen LogP) is 4.71. The van der Waals surface area contributed by atoms with Crippen LogP contribution < -0.4 is 24.3 Å². The maximum Gasteiger partial charge on any atom is 0.258 e. The molecule has 0 aliphatic carbocycles. The number of anilines is 1. The summed E-state index contributed by atoms with van der Waals surface area (Å²) < 4.78 is 20.8. The SMILES string of the molecule is COc1cc(N=NC(C(C)=O)C(=O)Nc2ccc(Cl)c(OC)c2OC)cc(OC)c1Cl. The molecule has 9 nitrogen and oxygen atoms in total. The summed E-state index contributed by atoms with van der Waals surface area (Å²) in [5.41, 5.74) is 0.535. The molecule has 0 spiro atoms. The lowest BCUT2D eigenvalue weighted by Gasteiger charge is -2.16. The fourth-order valence-electron chi connectivity index (χ4n) is 2.59. The van der Waals surface area contributed by atoms with Crippen molar-refractivity contribution in [2.75, 3.05) is 33.8 Å². The molecule has 0 saturated carbocycles. The number of benzene rings is 2. The minimum atomic E-state index is -1.42. The van der Waals surface area contributed by atoms with Gasteiger partial charge in [0.1, 0.15) is 16.5 Å². The molecule has 0 fully saturated rings. The number of hydrogen-bond donors (Lipinski definition) is 1. The van der Waals surface area contributed by atoms with E-state index in [4.69, 9.17) is 42.1 Å². The minimum Gasteiger partial charge on any atom is -0.495 e. The topological polar surface area (TPSA) is 108 Å². The summed E-state index contributed by atoms with van der Waals surface area (Å²) in [5, 5.41) is 11.0. The largest absolute Gasteiger partial charge is 0.495 e. The van der Waals surface area contributed by atoms with Crippen molar-refractivity contribution >= 4 is 46.3 Å². The molecule has 0 bridgehead atoms. The van der Waals surface area contributed by atoms with E-state index < -0.39 is 17.7 Å². The normalized spacial score (nSPS) is 11.7. The fourth-order valence-corrected chi connectivity index (χ4v) is 3.08. The van der Waals surface area contributed by atoms with Gasteiger partial charge in [0.05, 0.1) is 44.8 Å². The van der Waals surface area contributed by atoms with Crippen molar-refractivity contribution in [3.05, 3.63) is 34.3 Å². The van der Waals surface area contributed by atoms with E-state index in [0.717, 1.165) is 0 Å². The zero-order valence-corrected chi connectivity index (χ0v) is 19.0. The molecule has 0 radical (unpaired) electrons. The van der Waals surface area contributed by atoms with Crippen LogP contribution in [0.25, 0.3) is 0 Å². The van der Waals surface area contributed by atoms with Gasteiger partial charge in [0.2, 0.25) is 6.04 Å². The summed E-state index contributed by atoms with van der Waals surface area (Å²) in [4.78, 5) is 24.8. The van der Waals surface area contributed by atoms with Crippen molar-refractivity contribution in [3.63, 3.8) is 0 Å². The number of nitrogens with one attached hydrogen (secondary N) is 1. The summed E-state index contributed by atoms with van der Waals surface area (Å²) >= 11 is 12.2. The Kier molecular flexibility index (Phi) is 8.47. The van der Waals surface area contributed by atoms with Crippen LogP contribution in [0.2, 0.25) is 10.0 Å². The molecule has 31 heavy (non-hydrogen) atoms. The number of carbonyl (C=O) groups is 2. The van der Waals surface area contributed by atoms with Crippen LogP contribution in [0.5, 0.6) is 23.0 Å². The van der Waals surface area contributed by atoms with Gasteiger partial charge in [-0.25, -0.2) is 0 Å². The molecule has 2 aromatic carbocycles. The number of azo groups is 1. The highest BCUT2D eigenvalue weighted by Gasteiger charge is 2.25. The summed E-state index contributed by atoms with van der Waals surface area (Å²) in [6, 6.07) is 4.62. The lowest BCUT2D eigenvalue weighted by Crippen LogP contribution is -2.32. The molecule has 166 valence electrons. The molecule has 1 unspecified atom stereocenters. The Labute approximate surface area is 189 Å². The summed E-state index contributed by atoms with van der Waals surface area (Å²) in [5.74, 6) is -0.187. The third kappa shape index (κ3) is 5.56. The fraction of sp³-hybridized carbons (Fsp3) is 0.300. The molecule has 0 aromatic heterocycles. The van der Waals surface area contributed by atoms with Crippen molar-refractivity contribution in [1.82, 2.24) is 0 Å². The van der Waals surface area contributed by atoms with E-state index in [0.29, 0.717) is 16.5 Å². The van der Waals surface area contributed by atoms with Gasteiger partial charge in [0.25, 0.3) is 5.91 Å². The number of amides is 1. The summed E-state index contributed by atoms with van der Waals surface area (Å²) in [7, 11) is 5.67. The molecule has 0 aliphatic heterocycles. The van der Waals surface area contributed by atoms with Crippen molar-refractivity contribution in [3.8, 4) is 23.0 Å². The third-order valence-corrected chi connectivity index (χ3v) is 4.75. The second-order valence-corrected chi connectivity index (χ2v) is 6.83. The van der Waals surface area contributed by atoms with Gasteiger partial charge in [-0.15, -0.1) is 0 Å². The van der Waals surface area contributed by atoms with Crippen molar-refractivity contribution in [1.29, 1.82) is 0 Å². The van der Waals surface area contributed by atoms with Crippen molar-refractivity contribution in [2.24, 2.45) is 10.2 Å². The molecule has 0 aliphatic rings. The molecule has 11 heteroatoms. The number of nitrogens with zero attached hydrogens (tertiary/aromatic N) is 2. The molecule has 1 atom stereocenters. The van der Waals surface area contributed by atoms with Crippen LogP contribution in [-0.2, 0) is 9.59 Å². The Bertz CT molecular complexity index is 988. The highest BCUT2D eigenvalue weighted by atomic mass is 35.5. The van der Waals surface area contributed by atoms with E-state index in [1.807, 2.05) is 0 Å². The molecule has 2 rings (SSSR count). The zero-order chi connectivity index (χ0) is 23.1. The second-order valence-electron chi connectivity index (χ2n) is 6.04. The van der Waals surface area contributed by atoms with Gasteiger partial charge < -0.3 is 24.3 Å². The lowest BCUT2D eigenvalue weighted by atomic mass is 10.2. The summed E-state index contributed by atoms with van der Waals surface area (Å²) in [6.45, 7) is 1.23. The number of Topliss-reactive ketones (excluding diaryl/α,β-unsaturated/α-hetero) is 1. The number of rotatable bonds is 9. The molecular weight excluding hydrogens is 449 g/mol. The van der Waals surface area contributed by atoms with E-state index in [1.165, 1.54) is 59.6 Å². The first-order valence-corrected chi connectivity index (χ1v) is 9.57. The average Bonchev–Trinajstić information content (AvgIpc) is 2.75. The van der Waals surface area contributed by atoms with Crippen LogP contribution in [0.15, 0.2) is 34.5 Å². The predicted molar refractivity (Wildman–Crippen MR) is 117 cm³/mol. The van der Waals surface area contributed by atoms with Gasteiger partial charge in [0.15, 0.2) is 17.3 Å². The highest BCUT2D eigenvalue weighted by Crippen LogP contribution is 2.41. The Morgan fingerprint density at radius 2 is 1.52 bits per heavy atom. The van der Waals surface area contributed by atoms with E-state index in [1.54, 1.807) is 0 Å². The molecular formula is C20H21Cl2N3O6. The highest BCUT2D eigenvalue weighted by molar-refractivity contribution is 6.33. The lowest BCUT2D eigenvalue weighted by molar-refractivity contribution is -0.126. The molecule has 0 saturated heterocycles. The molecule has 1 N–H and O–H groups in total. The number of methoxy groups -OCH3 is 4. The second kappa shape index (κ2) is 10.8. The van der Waals surface area contributed by atoms with Gasteiger partial charge in [-0.1, -0.05) is 23.2 Å². The van der Waals surface area contributed by atoms with Crippen molar-refractivity contribution < 1.29 is 28.5 Å². The molecule has 2 aromatic rings. The van der Waals surface area contributed by atoms with Crippen LogP contribution in [-0.4, -0.2) is 46.2 Å². The summed E-state index contributed by atoms with van der Waals surface area (Å²) in [6.07, 6.45) is 0. The van der Waals surface area contributed by atoms with Crippen LogP contribution in [0.4, 0.5) is 11.4 Å². The van der Waals surface area contributed by atoms with Gasteiger partial charge in [-0.05, 0) is 19.1 Å². The minimum absolute atomic E-state index is 0.203. The quantitative estimate of drug-likeness (QED) is 0.420. The Morgan fingerprint density at radius 1 is 0.935 bits per heavy atom. The number of ether oxygens (including phenoxy) is 4. The standard InChI is InChI=1S/C20H21Cl2N3O6/c1-10(26)17(25-24-11-8-14(28-2)16(22)15(9-11)29-3)20(27)23-13-7-6-12(21)18(30-4)19(13)31-5/h6-9,17H,1-5H3,(H,23,27). The first-order chi connectivity index (χ1) is 14.8. The van der Waals surface area contributed by atoms with Crippen LogP contribution in [0.1, 0.15) is 6.92 Å². The van der Waals surface area contributed by atoms with Crippen LogP contribution >= 0.6 is 23.2 Å². The third-order valence-electron chi connectivity index (χ3n) is 4.08. The number of carbonyl (C=O) groups excluding carboxylic acids is 2. The first kappa shape index (κ1) is 24.2. The van der Waals surface area contributed by atoms with Crippen molar-refractivity contribution in [2.45, 2.75) is 13.0 Å². The number of ketones is 1. The van der Waals surface area contributed by atoms with Gasteiger partial charge in [-0.3, -0.25) is 9.59 Å². The van der Waals surface area contributed by atoms with Crippen LogP contribution in [0, 0.1) is 0 Å². The van der Waals surface area contributed by atoms with E-state index in [9.17, 15) is 9.59 Å². The number of hydrogen-bond acceptors (Lipinski definition) is 8. The molecule has 1 amide bonds. The monoisotopic (exact) mass is 469 g/mol. The van der Waals surface area contributed by atoms with E-state index >= 15 is 0 Å². The average molecular weight is 470 g/mol. The zero-order valence-electron chi connectivity index (χ0n) is 17.5.